The molecule has 0 aromatic carbocycles. The van der Waals surface area contributed by atoms with Crippen LogP contribution in [0.5, 0.6) is 0 Å². The second kappa shape index (κ2) is 7.63. The van der Waals surface area contributed by atoms with Gasteiger partial charge in [0.2, 0.25) is 0 Å². The Morgan fingerprint density at radius 2 is 2.23 bits per heavy atom. The summed E-state index contributed by atoms with van der Waals surface area (Å²) in [7, 11) is 0. The third-order valence-corrected chi connectivity index (χ3v) is 1.88. The molecule has 0 bridgehead atoms. The molecule has 0 aliphatic heterocycles. The lowest BCUT2D eigenvalue weighted by atomic mass is 10.3. The topological polar surface area (TPSA) is 40.5 Å². The molecule has 0 atom stereocenters. The lowest BCUT2D eigenvalue weighted by Crippen LogP contribution is -2.27. The van der Waals surface area contributed by atoms with E-state index in [2.05, 4.69) is 10.8 Å². The highest BCUT2D eigenvalue weighted by molar-refractivity contribution is 5.66. The molecule has 0 radical (unpaired) electrons. The summed E-state index contributed by atoms with van der Waals surface area (Å²) in [5.74, 6) is 1.83. The summed E-state index contributed by atoms with van der Waals surface area (Å²) < 4.78 is 0. The normalized spacial score (nSPS) is 9.92. The predicted molar refractivity (Wildman–Crippen MR) is 52.4 cm³/mol. The number of carbonyl (C=O) groups is 1. The van der Waals surface area contributed by atoms with Crippen molar-refractivity contribution in [1.29, 1.82) is 0 Å². The summed E-state index contributed by atoms with van der Waals surface area (Å²) in [6.07, 6.45) is 7.04. The van der Waals surface area contributed by atoms with Crippen molar-refractivity contribution in [2.45, 2.75) is 26.2 Å². The molecular formula is C10H17NO2. The number of hydrogen-bond acceptors (Lipinski definition) is 2. The second-order valence-corrected chi connectivity index (χ2v) is 2.89. The van der Waals surface area contributed by atoms with Gasteiger partial charge in [-0.3, -0.25) is 4.79 Å². The van der Waals surface area contributed by atoms with Crippen molar-refractivity contribution in [3.63, 3.8) is 0 Å². The van der Waals surface area contributed by atoms with Crippen molar-refractivity contribution in [2.24, 2.45) is 0 Å². The van der Waals surface area contributed by atoms with Crippen LogP contribution in [0, 0.1) is 12.3 Å². The maximum absolute atomic E-state index is 10.3. The first-order valence-corrected chi connectivity index (χ1v) is 4.58. The van der Waals surface area contributed by atoms with E-state index in [1.54, 1.807) is 0 Å². The van der Waals surface area contributed by atoms with Crippen LogP contribution < -0.4 is 0 Å². The maximum atomic E-state index is 10.3. The van der Waals surface area contributed by atoms with Crippen molar-refractivity contribution >= 4 is 5.97 Å². The summed E-state index contributed by atoms with van der Waals surface area (Å²) in [6.45, 7) is 4.43. The zero-order valence-corrected chi connectivity index (χ0v) is 8.12. The zero-order valence-electron chi connectivity index (χ0n) is 8.12. The Morgan fingerprint density at radius 1 is 1.54 bits per heavy atom. The second-order valence-electron chi connectivity index (χ2n) is 2.89. The number of terminal acetylenes is 1. The highest BCUT2D eigenvalue weighted by atomic mass is 16.4. The Hall–Kier alpha value is -1.01. The Balaban J connectivity index is 3.52. The molecule has 1 N–H and O–H groups in total. The Bertz CT molecular complexity index is 184. The molecule has 0 aliphatic carbocycles. The number of hydrogen-bond donors (Lipinski definition) is 1. The monoisotopic (exact) mass is 183 g/mol. The van der Waals surface area contributed by atoms with Crippen LogP contribution in [0.15, 0.2) is 0 Å². The molecule has 0 rings (SSSR count). The quantitative estimate of drug-likeness (QED) is 0.476. The molecule has 0 fully saturated rings. The average molecular weight is 183 g/mol. The van der Waals surface area contributed by atoms with Gasteiger partial charge in [0.15, 0.2) is 0 Å². The number of nitrogens with zero attached hydrogens (tertiary/aromatic N) is 1. The minimum absolute atomic E-state index is 0.212. The van der Waals surface area contributed by atoms with Crippen LogP contribution in [0.25, 0.3) is 0 Å². The fourth-order valence-corrected chi connectivity index (χ4v) is 1.09. The lowest BCUT2D eigenvalue weighted by Gasteiger charge is -2.18. The smallest absolute Gasteiger partial charge is 0.304 e. The van der Waals surface area contributed by atoms with Gasteiger partial charge in [-0.15, -0.1) is 12.3 Å². The zero-order chi connectivity index (χ0) is 10.1. The molecule has 0 unspecified atom stereocenters. The van der Waals surface area contributed by atoms with E-state index < -0.39 is 5.97 Å². The molecule has 0 spiro atoms. The van der Waals surface area contributed by atoms with Crippen molar-refractivity contribution in [1.82, 2.24) is 4.90 Å². The Kier molecular flexibility index (Phi) is 7.04. The summed E-state index contributed by atoms with van der Waals surface area (Å²) in [5.41, 5.74) is 0. The maximum Gasteiger partial charge on any atom is 0.304 e. The van der Waals surface area contributed by atoms with Crippen LogP contribution in [-0.2, 0) is 4.79 Å². The molecule has 0 aromatic heterocycles. The number of unbranched alkanes of at least 4 members (excludes halogenated alkanes) is 1. The van der Waals surface area contributed by atoms with Crippen LogP contribution in [0.4, 0.5) is 0 Å². The van der Waals surface area contributed by atoms with Crippen molar-refractivity contribution < 1.29 is 9.90 Å². The number of carboxylic acids is 1. The van der Waals surface area contributed by atoms with Crippen LogP contribution in [0.3, 0.4) is 0 Å². The van der Waals surface area contributed by atoms with E-state index in [-0.39, 0.29) is 6.42 Å². The summed E-state index contributed by atoms with van der Waals surface area (Å²) in [4.78, 5) is 12.4. The highest BCUT2D eigenvalue weighted by Gasteiger charge is 2.03. The third kappa shape index (κ3) is 7.35. The van der Waals surface area contributed by atoms with Gasteiger partial charge in [-0.2, -0.15) is 0 Å². The van der Waals surface area contributed by atoms with Gasteiger partial charge < -0.3 is 10.0 Å². The number of rotatable bonds is 7. The largest absolute Gasteiger partial charge is 0.481 e. The van der Waals surface area contributed by atoms with E-state index in [0.717, 1.165) is 25.9 Å². The third-order valence-electron chi connectivity index (χ3n) is 1.88. The molecule has 13 heavy (non-hydrogen) atoms. The van der Waals surface area contributed by atoms with Gasteiger partial charge >= 0.3 is 5.97 Å². The molecule has 0 saturated carbocycles. The number of carboxylic acid groups (broad SMARTS) is 1. The van der Waals surface area contributed by atoms with Crippen molar-refractivity contribution in [3.8, 4) is 12.3 Å². The molecule has 3 nitrogen and oxygen atoms in total. The first-order valence-electron chi connectivity index (χ1n) is 4.58. The Labute approximate surface area is 79.7 Å². The summed E-state index contributed by atoms with van der Waals surface area (Å²) in [6, 6.07) is 0. The van der Waals surface area contributed by atoms with E-state index in [4.69, 9.17) is 11.5 Å². The van der Waals surface area contributed by atoms with Crippen molar-refractivity contribution in [3.05, 3.63) is 0 Å². The summed E-state index contributed by atoms with van der Waals surface area (Å²) in [5, 5.41) is 8.47. The minimum Gasteiger partial charge on any atom is -0.481 e. The first-order chi connectivity index (χ1) is 6.20. The molecule has 0 heterocycles. The van der Waals surface area contributed by atoms with Crippen LogP contribution in [0.1, 0.15) is 26.2 Å². The number of aliphatic carboxylic acids is 1. The highest BCUT2D eigenvalue weighted by Crippen LogP contribution is 1.96. The van der Waals surface area contributed by atoms with E-state index >= 15 is 0 Å². The first kappa shape index (κ1) is 12.0. The molecule has 0 aliphatic rings. The predicted octanol–water partition coefficient (Wildman–Crippen LogP) is 1.20. The molecular weight excluding hydrogens is 166 g/mol. The van der Waals surface area contributed by atoms with Crippen LogP contribution >= 0.6 is 0 Å². The molecule has 0 aromatic rings. The van der Waals surface area contributed by atoms with E-state index in [0.29, 0.717) is 6.54 Å². The molecule has 0 saturated heterocycles. The molecule has 3 heteroatoms. The standard InChI is InChI=1S/C10H17NO2/c1-3-5-6-8-11(4-2)9-7-10(12)13/h1H,4-9H2,2H3,(H,12,13). The molecule has 0 amide bonds. The van der Waals surface area contributed by atoms with Gasteiger partial charge in [0.05, 0.1) is 6.42 Å². The van der Waals surface area contributed by atoms with Gasteiger partial charge in [-0.05, 0) is 19.5 Å². The van der Waals surface area contributed by atoms with Gasteiger partial charge in [0.1, 0.15) is 0 Å². The molecule has 74 valence electrons. The van der Waals surface area contributed by atoms with E-state index in [1.807, 2.05) is 6.92 Å². The van der Waals surface area contributed by atoms with Gasteiger partial charge in [-0.25, -0.2) is 0 Å². The van der Waals surface area contributed by atoms with Gasteiger partial charge in [0, 0.05) is 13.0 Å². The van der Waals surface area contributed by atoms with E-state index in [9.17, 15) is 4.79 Å². The lowest BCUT2D eigenvalue weighted by molar-refractivity contribution is -0.137. The SMILES string of the molecule is C#CCCCN(CC)CCC(=O)O. The van der Waals surface area contributed by atoms with Crippen LogP contribution in [-0.4, -0.2) is 35.6 Å². The fourth-order valence-electron chi connectivity index (χ4n) is 1.09. The minimum atomic E-state index is -0.740. The Morgan fingerprint density at radius 3 is 2.69 bits per heavy atom. The summed E-state index contributed by atoms with van der Waals surface area (Å²) >= 11 is 0. The van der Waals surface area contributed by atoms with Crippen molar-refractivity contribution in [2.75, 3.05) is 19.6 Å². The fraction of sp³-hybridized carbons (Fsp3) is 0.700. The van der Waals surface area contributed by atoms with Gasteiger partial charge in [0.25, 0.3) is 0 Å². The van der Waals surface area contributed by atoms with Gasteiger partial charge in [-0.1, -0.05) is 6.92 Å². The average Bonchev–Trinajstić information content (AvgIpc) is 2.10. The van der Waals surface area contributed by atoms with Crippen LogP contribution in [0.2, 0.25) is 0 Å². The van der Waals surface area contributed by atoms with E-state index in [1.165, 1.54) is 0 Å².